The summed E-state index contributed by atoms with van der Waals surface area (Å²) in [5.74, 6) is 0.676. The molecule has 0 saturated heterocycles. The summed E-state index contributed by atoms with van der Waals surface area (Å²) in [4.78, 5) is 0. The van der Waals surface area contributed by atoms with Gasteiger partial charge in [-0.3, -0.25) is 4.52 Å². The molecule has 1 unspecified atom stereocenters. The van der Waals surface area contributed by atoms with Crippen molar-refractivity contribution in [3.8, 4) is 5.75 Å². The van der Waals surface area contributed by atoms with Crippen molar-refractivity contribution in [2.45, 2.75) is 6.92 Å². The van der Waals surface area contributed by atoms with E-state index in [1.165, 1.54) is 0 Å². The van der Waals surface area contributed by atoms with Crippen LogP contribution in [0.25, 0.3) is 0 Å². The van der Waals surface area contributed by atoms with E-state index in [0.29, 0.717) is 11.9 Å². The second kappa shape index (κ2) is 4.09. The first kappa shape index (κ1) is 8.22. The van der Waals surface area contributed by atoms with Gasteiger partial charge >= 0.3 is 8.03 Å². The normalized spacial score (nSPS) is 10.8. The Morgan fingerprint density at radius 2 is 2.00 bits per heavy atom. The predicted octanol–water partition coefficient (Wildman–Crippen LogP) is 2.83. The minimum atomic E-state index is -1.50. The third kappa shape index (κ3) is 2.69. The van der Waals surface area contributed by atoms with Crippen LogP contribution in [0, 0.1) is 0 Å². The quantitative estimate of drug-likeness (QED) is 0.650. The number of hydrogen-bond donors (Lipinski definition) is 0. The Kier molecular flexibility index (Phi) is 3.06. The predicted molar refractivity (Wildman–Crippen MR) is 45.2 cm³/mol. The lowest BCUT2D eigenvalue weighted by Gasteiger charge is -1.89. The maximum absolute atomic E-state index is 10.9. The van der Waals surface area contributed by atoms with E-state index in [2.05, 4.69) is 0 Å². The average Bonchev–Trinajstić information content (AvgIpc) is 2.06. The number of benzene rings is 1. The van der Waals surface area contributed by atoms with Gasteiger partial charge in [0.25, 0.3) is 0 Å². The summed E-state index contributed by atoms with van der Waals surface area (Å²) in [5.41, 5.74) is 0. The lowest BCUT2D eigenvalue weighted by atomic mass is 10.3. The van der Waals surface area contributed by atoms with Crippen molar-refractivity contribution < 1.29 is 9.09 Å². The van der Waals surface area contributed by atoms with E-state index in [1.807, 2.05) is 25.1 Å². The highest BCUT2D eigenvalue weighted by atomic mass is 31.1. The SMILES string of the molecule is CC[P+](=O)Oc1ccccc1. The molecule has 0 bridgehead atoms. The van der Waals surface area contributed by atoms with E-state index in [0.717, 1.165) is 0 Å². The van der Waals surface area contributed by atoms with Gasteiger partial charge < -0.3 is 0 Å². The van der Waals surface area contributed by atoms with Crippen LogP contribution in [0.3, 0.4) is 0 Å². The van der Waals surface area contributed by atoms with Gasteiger partial charge in [-0.1, -0.05) is 18.2 Å². The fourth-order valence-electron chi connectivity index (χ4n) is 0.663. The lowest BCUT2D eigenvalue weighted by molar-refractivity contribution is 0.506. The monoisotopic (exact) mass is 169 g/mol. The Morgan fingerprint density at radius 3 is 2.55 bits per heavy atom. The average molecular weight is 169 g/mol. The van der Waals surface area contributed by atoms with E-state index in [9.17, 15) is 4.57 Å². The van der Waals surface area contributed by atoms with Gasteiger partial charge in [0, 0.05) is 0 Å². The maximum atomic E-state index is 10.9. The van der Waals surface area contributed by atoms with Crippen molar-refractivity contribution in [2.24, 2.45) is 0 Å². The molecule has 1 aromatic rings. The molecule has 0 amide bonds. The fourth-order valence-corrected chi connectivity index (χ4v) is 1.15. The number of para-hydroxylation sites is 1. The van der Waals surface area contributed by atoms with Crippen LogP contribution in [0.1, 0.15) is 6.92 Å². The largest absolute Gasteiger partial charge is 0.555 e. The topological polar surface area (TPSA) is 26.3 Å². The molecule has 1 atom stereocenters. The highest BCUT2D eigenvalue weighted by Crippen LogP contribution is 2.25. The number of rotatable bonds is 3. The third-order valence-electron chi connectivity index (χ3n) is 1.21. The molecule has 0 heterocycles. The lowest BCUT2D eigenvalue weighted by Crippen LogP contribution is -1.81. The number of hydrogen-bond acceptors (Lipinski definition) is 2. The van der Waals surface area contributed by atoms with Gasteiger partial charge in [0.1, 0.15) is 0 Å². The van der Waals surface area contributed by atoms with Crippen LogP contribution in [-0.4, -0.2) is 6.16 Å². The standard InChI is InChI=1S/C8H10O2P/c1-2-11(9)10-8-6-4-3-5-7-8/h3-7H,2H2,1H3/q+1. The van der Waals surface area contributed by atoms with Crippen molar-refractivity contribution in [2.75, 3.05) is 6.16 Å². The van der Waals surface area contributed by atoms with E-state index in [-0.39, 0.29) is 0 Å². The van der Waals surface area contributed by atoms with Gasteiger partial charge in [0.05, 0.1) is 0 Å². The first-order chi connectivity index (χ1) is 5.33. The Balaban J connectivity index is 2.58. The molecule has 1 aromatic carbocycles. The summed E-state index contributed by atoms with van der Waals surface area (Å²) in [5, 5.41) is 0. The van der Waals surface area contributed by atoms with Crippen LogP contribution < -0.4 is 4.52 Å². The molecule has 0 saturated carbocycles. The van der Waals surface area contributed by atoms with Crippen molar-refractivity contribution >= 4 is 8.03 Å². The summed E-state index contributed by atoms with van der Waals surface area (Å²) >= 11 is 0. The minimum absolute atomic E-state index is 0.560. The van der Waals surface area contributed by atoms with Crippen LogP contribution >= 0.6 is 8.03 Å². The van der Waals surface area contributed by atoms with Gasteiger partial charge in [0.15, 0.2) is 11.9 Å². The van der Waals surface area contributed by atoms with Crippen molar-refractivity contribution in [1.82, 2.24) is 0 Å². The van der Waals surface area contributed by atoms with Crippen LogP contribution in [0.15, 0.2) is 30.3 Å². The molecule has 11 heavy (non-hydrogen) atoms. The Bertz CT molecular complexity index is 233. The maximum Gasteiger partial charge on any atom is 0.555 e. The molecule has 0 aliphatic heterocycles. The Morgan fingerprint density at radius 1 is 1.36 bits per heavy atom. The molecular formula is C8H10O2P+. The molecule has 0 aliphatic rings. The van der Waals surface area contributed by atoms with Crippen LogP contribution in [0.5, 0.6) is 5.75 Å². The van der Waals surface area contributed by atoms with E-state index < -0.39 is 8.03 Å². The van der Waals surface area contributed by atoms with Gasteiger partial charge in [-0.25, -0.2) is 0 Å². The van der Waals surface area contributed by atoms with Crippen LogP contribution in [0.2, 0.25) is 0 Å². The van der Waals surface area contributed by atoms with Crippen molar-refractivity contribution in [3.63, 3.8) is 0 Å². The minimum Gasteiger partial charge on any atom is -0.254 e. The molecule has 0 aliphatic carbocycles. The Labute approximate surface area is 67.1 Å². The van der Waals surface area contributed by atoms with Gasteiger partial charge in [-0.2, -0.15) is 0 Å². The second-order valence-electron chi connectivity index (χ2n) is 2.05. The summed E-state index contributed by atoms with van der Waals surface area (Å²) in [6, 6.07) is 9.19. The molecule has 0 fully saturated rings. The zero-order valence-corrected chi connectivity index (χ0v) is 7.25. The molecule has 0 N–H and O–H groups in total. The highest BCUT2D eigenvalue weighted by molar-refractivity contribution is 7.39. The van der Waals surface area contributed by atoms with Gasteiger partial charge in [-0.15, -0.1) is 0 Å². The second-order valence-corrected chi connectivity index (χ2v) is 3.53. The first-order valence-corrected chi connectivity index (χ1v) is 4.87. The molecular weight excluding hydrogens is 159 g/mol. The molecule has 0 aromatic heterocycles. The zero-order valence-electron chi connectivity index (χ0n) is 6.36. The third-order valence-corrected chi connectivity index (χ3v) is 2.14. The summed E-state index contributed by atoms with van der Waals surface area (Å²) in [7, 11) is -1.50. The summed E-state index contributed by atoms with van der Waals surface area (Å²) in [6.07, 6.45) is 0.560. The van der Waals surface area contributed by atoms with Crippen molar-refractivity contribution in [1.29, 1.82) is 0 Å². The van der Waals surface area contributed by atoms with Crippen LogP contribution in [0.4, 0.5) is 0 Å². The van der Waals surface area contributed by atoms with Crippen molar-refractivity contribution in [3.05, 3.63) is 30.3 Å². The highest BCUT2D eigenvalue weighted by Gasteiger charge is 2.13. The molecule has 58 valence electrons. The van der Waals surface area contributed by atoms with E-state index in [1.54, 1.807) is 12.1 Å². The molecule has 2 nitrogen and oxygen atoms in total. The molecule has 0 spiro atoms. The molecule has 0 radical (unpaired) electrons. The van der Waals surface area contributed by atoms with Gasteiger partial charge in [-0.05, 0) is 23.6 Å². The smallest absolute Gasteiger partial charge is 0.254 e. The first-order valence-electron chi connectivity index (χ1n) is 3.50. The van der Waals surface area contributed by atoms with E-state index in [4.69, 9.17) is 4.52 Å². The fraction of sp³-hybridized carbons (Fsp3) is 0.250. The summed E-state index contributed by atoms with van der Waals surface area (Å²) < 4.78 is 16.0. The van der Waals surface area contributed by atoms with Crippen LogP contribution in [-0.2, 0) is 4.57 Å². The molecule has 3 heteroatoms. The molecule has 1 rings (SSSR count). The van der Waals surface area contributed by atoms with Gasteiger partial charge in [0.2, 0.25) is 0 Å². The zero-order chi connectivity index (χ0) is 8.10. The Hall–Kier alpha value is -0.880. The summed E-state index contributed by atoms with van der Waals surface area (Å²) in [6.45, 7) is 1.83. The van der Waals surface area contributed by atoms with E-state index >= 15 is 0 Å².